The molecule has 178 valence electrons. The fourth-order valence-corrected chi connectivity index (χ4v) is 6.24. The molecule has 0 aromatic heterocycles. The van der Waals surface area contributed by atoms with Crippen molar-refractivity contribution in [3.8, 4) is 0 Å². The number of piperidine rings is 1. The van der Waals surface area contributed by atoms with Gasteiger partial charge in [0.25, 0.3) is 0 Å². The first-order valence-corrected chi connectivity index (χ1v) is 13.6. The molecule has 6 nitrogen and oxygen atoms in total. The van der Waals surface area contributed by atoms with E-state index in [2.05, 4.69) is 34.5 Å². The van der Waals surface area contributed by atoms with E-state index in [0.29, 0.717) is 32.5 Å². The van der Waals surface area contributed by atoms with E-state index in [1.165, 1.54) is 35.8 Å². The highest BCUT2D eigenvalue weighted by atomic mass is 32.2. The lowest BCUT2D eigenvalue weighted by Gasteiger charge is -2.30. The van der Waals surface area contributed by atoms with Crippen molar-refractivity contribution in [1.29, 1.82) is 0 Å². The van der Waals surface area contributed by atoms with Crippen LogP contribution < -0.4 is 5.32 Å². The number of carbonyl (C=O) groups is 1. The molecule has 7 heteroatoms. The van der Waals surface area contributed by atoms with Crippen LogP contribution in [0.25, 0.3) is 0 Å². The number of nitrogens with one attached hydrogen (secondary N) is 1. The van der Waals surface area contributed by atoms with Crippen molar-refractivity contribution in [2.45, 2.75) is 51.4 Å². The van der Waals surface area contributed by atoms with Gasteiger partial charge in [0, 0.05) is 32.1 Å². The van der Waals surface area contributed by atoms with Gasteiger partial charge in [-0.1, -0.05) is 54.1 Å². The van der Waals surface area contributed by atoms with E-state index in [9.17, 15) is 13.2 Å². The molecule has 0 bridgehead atoms. The second kappa shape index (κ2) is 10.8. The normalized spacial score (nSPS) is 18.5. The van der Waals surface area contributed by atoms with Gasteiger partial charge in [0.2, 0.25) is 15.9 Å². The lowest BCUT2D eigenvalue weighted by atomic mass is 9.97. The van der Waals surface area contributed by atoms with E-state index in [1.807, 2.05) is 31.2 Å². The van der Waals surface area contributed by atoms with Crippen molar-refractivity contribution in [2.24, 2.45) is 5.92 Å². The maximum Gasteiger partial charge on any atom is 0.223 e. The third-order valence-corrected chi connectivity index (χ3v) is 8.63. The smallest absolute Gasteiger partial charge is 0.223 e. The molecule has 0 atom stereocenters. The van der Waals surface area contributed by atoms with Crippen LogP contribution in [0.1, 0.15) is 47.9 Å². The Bertz CT molecular complexity index is 1020. The topological polar surface area (TPSA) is 69.7 Å². The van der Waals surface area contributed by atoms with Gasteiger partial charge in [0.05, 0.1) is 5.75 Å². The molecule has 2 heterocycles. The zero-order valence-electron chi connectivity index (χ0n) is 19.5. The summed E-state index contributed by atoms with van der Waals surface area (Å²) in [5.74, 6) is -0.102. The molecule has 4 rings (SSSR count). The van der Waals surface area contributed by atoms with E-state index >= 15 is 0 Å². The largest absolute Gasteiger partial charge is 0.352 e. The second-order valence-corrected chi connectivity index (χ2v) is 11.4. The quantitative estimate of drug-likeness (QED) is 0.643. The zero-order valence-corrected chi connectivity index (χ0v) is 20.3. The fourth-order valence-electron chi connectivity index (χ4n) is 4.68. The third kappa shape index (κ3) is 6.65. The molecule has 0 aliphatic carbocycles. The molecule has 2 aromatic rings. The summed E-state index contributed by atoms with van der Waals surface area (Å²) >= 11 is 0. The maximum atomic E-state index is 12.8. The summed E-state index contributed by atoms with van der Waals surface area (Å²) in [6.45, 7) is 6.66. The zero-order chi connectivity index (χ0) is 23.3. The molecule has 2 aromatic carbocycles. The maximum absolute atomic E-state index is 12.8. The second-order valence-electron chi connectivity index (χ2n) is 9.43. The standard InChI is InChI=1S/C26H35N3O3S/c1-21-4-6-24(7-5-21)20-33(31,32)29-16-12-25(13-17-29)26(30)27-18-22-8-10-23(11-9-22)19-28-14-2-3-15-28/h4-11,25H,2-3,12-20H2,1H3,(H,27,30). The molecular weight excluding hydrogens is 434 g/mol. The summed E-state index contributed by atoms with van der Waals surface area (Å²) < 4.78 is 27.1. The molecule has 2 fully saturated rings. The van der Waals surface area contributed by atoms with Crippen LogP contribution in [0, 0.1) is 12.8 Å². The minimum Gasteiger partial charge on any atom is -0.352 e. The molecule has 2 saturated heterocycles. The Morgan fingerprint density at radius 2 is 1.45 bits per heavy atom. The molecule has 0 unspecified atom stereocenters. The minimum absolute atomic E-state index is 0.0118. The van der Waals surface area contributed by atoms with E-state index in [4.69, 9.17) is 0 Å². The SMILES string of the molecule is Cc1ccc(CS(=O)(=O)N2CCC(C(=O)NCc3ccc(CN4CCCC4)cc3)CC2)cc1. The van der Waals surface area contributed by atoms with Gasteiger partial charge in [0.1, 0.15) is 0 Å². The Hall–Kier alpha value is -2.22. The number of sulfonamides is 1. The number of aryl methyl sites for hydroxylation is 1. The first kappa shape index (κ1) is 23.9. The highest BCUT2D eigenvalue weighted by molar-refractivity contribution is 7.88. The van der Waals surface area contributed by atoms with Crippen molar-refractivity contribution >= 4 is 15.9 Å². The van der Waals surface area contributed by atoms with Crippen LogP contribution in [-0.4, -0.2) is 49.7 Å². The highest BCUT2D eigenvalue weighted by Gasteiger charge is 2.31. The first-order chi connectivity index (χ1) is 15.9. The van der Waals surface area contributed by atoms with Gasteiger partial charge in [0.15, 0.2) is 0 Å². The Morgan fingerprint density at radius 3 is 2.09 bits per heavy atom. The Labute approximate surface area is 198 Å². The van der Waals surface area contributed by atoms with Gasteiger partial charge in [-0.3, -0.25) is 9.69 Å². The molecule has 2 aliphatic heterocycles. The molecule has 0 spiro atoms. The summed E-state index contributed by atoms with van der Waals surface area (Å²) in [7, 11) is -3.37. The van der Waals surface area contributed by atoms with Crippen LogP contribution in [-0.2, 0) is 33.7 Å². The van der Waals surface area contributed by atoms with Crippen LogP contribution in [0.4, 0.5) is 0 Å². The molecule has 1 amide bonds. The van der Waals surface area contributed by atoms with Crippen molar-refractivity contribution in [3.05, 3.63) is 70.8 Å². The number of carbonyl (C=O) groups excluding carboxylic acids is 1. The highest BCUT2D eigenvalue weighted by Crippen LogP contribution is 2.22. The summed E-state index contributed by atoms with van der Waals surface area (Å²) in [5.41, 5.74) is 4.31. The minimum atomic E-state index is -3.37. The Morgan fingerprint density at radius 1 is 0.879 bits per heavy atom. The van der Waals surface area contributed by atoms with Crippen LogP contribution in [0.15, 0.2) is 48.5 Å². The average Bonchev–Trinajstić information content (AvgIpc) is 3.33. The molecule has 0 radical (unpaired) electrons. The number of likely N-dealkylation sites (tertiary alicyclic amines) is 1. The Kier molecular flexibility index (Phi) is 7.83. The van der Waals surface area contributed by atoms with Gasteiger partial charge in [-0.25, -0.2) is 12.7 Å². The van der Waals surface area contributed by atoms with Crippen molar-refractivity contribution < 1.29 is 13.2 Å². The van der Waals surface area contributed by atoms with Gasteiger partial charge in [-0.15, -0.1) is 0 Å². The number of rotatable bonds is 8. The van der Waals surface area contributed by atoms with Gasteiger partial charge in [-0.05, 0) is 62.4 Å². The van der Waals surface area contributed by atoms with Crippen molar-refractivity contribution in [3.63, 3.8) is 0 Å². The lowest BCUT2D eigenvalue weighted by molar-refractivity contribution is -0.126. The Balaban J connectivity index is 1.21. The molecule has 0 saturated carbocycles. The molecule has 33 heavy (non-hydrogen) atoms. The monoisotopic (exact) mass is 469 g/mol. The summed E-state index contributed by atoms with van der Waals surface area (Å²) in [5, 5.41) is 3.04. The van der Waals surface area contributed by atoms with Crippen LogP contribution in [0.5, 0.6) is 0 Å². The van der Waals surface area contributed by atoms with Crippen molar-refractivity contribution in [2.75, 3.05) is 26.2 Å². The van der Waals surface area contributed by atoms with Gasteiger partial charge < -0.3 is 5.32 Å². The third-order valence-electron chi connectivity index (χ3n) is 6.78. The van der Waals surface area contributed by atoms with Crippen molar-refractivity contribution in [1.82, 2.24) is 14.5 Å². The lowest BCUT2D eigenvalue weighted by Crippen LogP contribution is -2.43. The van der Waals surface area contributed by atoms with E-state index < -0.39 is 10.0 Å². The predicted molar refractivity (Wildman–Crippen MR) is 131 cm³/mol. The number of hydrogen-bond donors (Lipinski definition) is 1. The molecular formula is C26H35N3O3S. The summed E-state index contributed by atoms with van der Waals surface area (Å²) in [4.78, 5) is 15.1. The van der Waals surface area contributed by atoms with Crippen LogP contribution >= 0.6 is 0 Å². The van der Waals surface area contributed by atoms with E-state index in [1.54, 1.807) is 0 Å². The van der Waals surface area contributed by atoms with Gasteiger partial charge in [-0.2, -0.15) is 0 Å². The fraction of sp³-hybridized carbons (Fsp3) is 0.500. The van der Waals surface area contributed by atoms with E-state index in [0.717, 1.165) is 23.2 Å². The van der Waals surface area contributed by atoms with Crippen LogP contribution in [0.3, 0.4) is 0 Å². The van der Waals surface area contributed by atoms with Gasteiger partial charge >= 0.3 is 0 Å². The summed E-state index contributed by atoms with van der Waals surface area (Å²) in [6.07, 6.45) is 3.71. The molecule has 2 aliphatic rings. The average molecular weight is 470 g/mol. The number of nitrogens with zero attached hydrogens (tertiary/aromatic N) is 2. The molecule has 1 N–H and O–H groups in total. The van der Waals surface area contributed by atoms with E-state index in [-0.39, 0.29) is 17.6 Å². The predicted octanol–water partition coefficient (Wildman–Crippen LogP) is 3.45. The summed E-state index contributed by atoms with van der Waals surface area (Å²) in [6, 6.07) is 16.1. The first-order valence-electron chi connectivity index (χ1n) is 12.0. The van der Waals surface area contributed by atoms with Crippen LogP contribution in [0.2, 0.25) is 0 Å². The number of amides is 1. The number of hydrogen-bond acceptors (Lipinski definition) is 4. The number of benzene rings is 2.